The number of hydrogen-bond acceptors (Lipinski definition) is 4. The van der Waals surface area contributed by atoms with Crippen molar-refractivity contribution in [3.8, 4) is 5.75 Å². The molecule has 0 spiro atoms. The lowest BCUT2D eigenvalue weighted by molar-refractivity contribution is -0.126. The van der Waals surface area contributed by atoms with Gasteiger partial charge in [-0.1, -0.05) is 0 Å². The SMILES string of the molecule is COc1ccc(N2CC(C(=O)NCC3CCCN3)CC2=O)cc1. The van der Waals surface area contributed by atoms with Crippen molar-refractivity contribution in [1.82, 2.24) is 10.6 Å². The van der Waals surface area contributed by atoms with E-state index in [2.05, 4.69) is 10.6 Å². The van der Waals surface area contributed by atoms with Crippen molar-refractivity contribution in [3.05, 3.63) is 24.3 Å². The van der Waals surface area contributed by atoms with Gasteiger partial charge >= 0.3 is 0 Å². The van der Waals surface area contributed by atoms with Gasteiger partial charge in [0.15, 0.2) is 0 Å². The van der Waals surface area contributed by atoms with Gasteiger partial charge in [0.1, 0.15) is 5.75 Å². The Hall–Kier alpha value is -2.08. The molecule has 6 heteroatoms. The van der Waals surface area contributed by atoms with Gasteiger partial charge in [-0.3, -0.25) is 9.59 Å². The van der Waals surface area contributed by atoms with Crippen LogP contribution in [0, 0.1) is 5.92 Å². The van der Waals surface area contributed by atoms with Crippen LogP contribution in [-0.2, 0) is 9.59 Å². The maximum absolute atomic E-state index is 12.3. The molecule has 2 atom stereocenters. The maximum Gasteiger partial charge on any atom is 0.227 e. The maximum atomic E-state index is 12.3. The molecule has 1 aromatic carbocycles. The monoisotopic (exact) mass is 317 g/mol. The first kappa shape index (κ1) is 15.8. The fourth-order valence-corrected chi connectivity index (χ4v) is 3.19. The normalized spacial score (nSPS) is 24.0. The van der Waals surface area contributed by atoms with Gasteiger partial charge in [0.05, 0.1) is 13.0 Å². The van der Waals surface area contributed by atoms with Crippen LogP contribution in [0.3, 0.4) is 0 Å². The Bertz CT molecular complexity index is 567. The first-order chi connectivity index (χ1) is 11.2. The van der Waals surface area contributed by atoms with E-state index in [1.165, 1.54) is 0 Å². The van der Waals surface area contributed by atoms with Crippen molar-refractivity contribution in [1.29, 1.82) is 0 Å². The van der Waals surface area contributed by atoms with E-state index in [-0.39, 0.29) is 24.2 Å². The number of ether oxygens (including phenoxy) is 1. The molecule has 2 aliphatic rings. The summed E-state index contributed by atoms with van der Waals surface area (Å²) in [5.74, 6) is 0.446. The van der Waals surface area contributed by atoms with Crippen LogP contribution in [0.4, 0.5) is 5.69 Å². The molecule has 2 heterocycles. The number of nitrogens with one attached hydrogen (secondary N) is 2. The summed E-state index contributed by atoms with van der Waals surface area (Å²) < 4.78 is 5.13. The molecule has 0 saturated carbocycles. The van der Waals surface area contributed by atoms with E-state index in [9.17, 15) is 9.59 Å². The van der Waals surface area contributed by atoms with E-state index in [1.807, 2.05) is 24.3 Å². The molecular formula is C17H23N3O3. The molecule has 2 aliphatic heterocycles. The van der Waals surface area contributed by atoms with Crippen molar-refractivity contribution in [2.24, 2.45) is 5.92 Å². The zero-order chi connectivity index (χ0) is 16.2. The van der Waals surface area contributed by atoms with Gasteiger partial charge in [-0.05, 0) is 43.7 Å². The number of carbonyl (C=O) groups is 2. The fourth-order valence-electron chi connectivity index (χ4n) is 3.19. The molecule has 23 heavy (non-hydrogen) atoms. The number of rotatable bonds is 5. The van der Waals surface area contributed by atoms with Crippen molar-refractivity contribution in [2.45, 2.75) is 25.3 Å². The van der Waals surface area contributed by atoms with Gasteiger partial charge in [-0.15, -0.1) is 0 Å². The summed E-state index contributed by atoms with van der Waals surface area (Å²) in [4.78, 5) is 26.2. The second kappa shape index (κ2) is 7.00. The van der Waals surface area contributed by atoms with Crippen molar-refractivity contribution in [2.75, 3.05) is 31.6 Å². The van der Waals surface area contributed by atoms with E-state index in [0.29, 0.717) is 19.1 Å². The summed E-state index contributed by atoms with van der Waals surface area (Å²) in [6.45, 7) is 2.11. The molecule has 2 fully saturated rings. The highest BCUT2D eigenvalue weighted by Crippen LogP contribution is 2.26. The zero-order valence-electron chi connectivity index (χ0n) is 13.4. The van der Waals surface area contributed by atoms with Crippen LogP contribution in [0.15, 0.2) is 24.3 Å². The molecule has 0 radical (unpaired) electrons. The topological polar surface area (TPSA) is 70.7 Å². The minimum Gasteiger partial charge on any atom is -0.497 e. The predicted molar refractivity (Wildman–Crippen MR) is 87.5 cm³/mol. The molecule has 1 aromatic rings. The quantitative estimate of drug-likeness (QED) is 0.847. The fraction of sp³-hybridized carbons (Fsp3) is 0.529. The Kier molecular flexibility index (Phi) is 4.81. The number of amides is 2. The van der Waals surface area contributed by atoms with Gasteiger partial charge in [0.25, 0.3) is 0 Å². The van der Waals surface area contributed by atoms with Crippen LogP contribution in [-0.4, -0.2) is 44.6 Å². The Morgan fingerprint density at radius 1 is 1.39 bits per heavy atom. The van der Waals surface area contributed by atoms with E-state index < -0.39 is 0 Å². The van der Waals surface area contributed by atoms with Crippen LogP contribution in [0.2, 0.25) is 0 Å². The highest BCUT2D eigenvalue weighted by molar-refractivity contribution is 6.00. The third kappa shape index (κ3) is 3.64. The molecular weight excluding hydrogens is 294 g/mol. The van der Waals surface area contributed by atoms with E-state index in [1.54, 1.807) is 12.0 Å². The second-order valence-corrected chi connectivity index (χ2v) is 6.14. The van der Waals surface area contributed by atoms with Crippen molar-refractivity contribution >= 4 is 17.5 Å². The van der Waals surface area contributed by atoms with E-state index >= 15 is 0 Å². The van der Waals surface area contributed by atoms with E-state index in [4.69, 9.17) is 4.74 Å². The van der Waals surface area contributed by atoms with Crippen molar-refractivity contribution in [3.63, 3.8) is 0 Å². The predicted octanol–water partition coefficient (Wildman–Crippen LogP) is 0.916. The lowest BCUT2D eigenvalue weighted by Gasteiger charge is -2.17. The molecule has 2 N–H and O–H groups in total. The van der Waals surface area contributed by atoms with Gasteiger partial charge in [0, 0.05) is 31.2 Å². The number of nitrogens with zero attached hydrogens (tertiary/aromatic N) is 1. The molecule has 2 saturated heterocycles. The van der Waals surface area contributed by atoms with E-state index in [0.717, 1.165) is 30.8 Å². The summed E-state index contributed by atoms with van der Waals surface area (Å²) >= 11 is 0. The first-order valence-corrected chi connectivity index (χ1v) is 8.13. The standard InChI is InChI=1S/C17H23N3O3/c1-23-15-6-4-14(5-7-15)20-11-12(9-16(20)21)17(22)19-10-13-3-2-8-18-13/h4-7,12-13,18H,2-3,8-11H2,1H3,(H,19,22). The van der Waals surface area contributed by atoms with Crippen LogP contribution in [0.25, 0.3) is 0 Å². The zero-order valence-corrected chi connectivity index (χ0v) is 13.4. The minimum absolute atomic E-state index is 0.00527. The summed E-state index contributed by atoms with van der Waals surface area (Å²) in [6.07, 6.45) is 2.53. The lowest BCUT2D eigenvalue weighted by atomic mass is 10.1. The molecule has 0 bridgehead atoms. The number of methoxy groups -OCH3 is 1. The molecule has 6 nitrogen and oxygen atoms in total. The molecule has 2 amide bonds. The first-order valence-electron chi connectivity index (χ1n) is 8.13. The summed E-state index contributed by atoms with van der Waals surface area (Å²) in [7, 11) is 1.61. The Labute approximate surface area is 136 Å². The minimum atomic E-state index is -0.272. The molecule has 0 aliphatic carbocycles. The number of carbonyl (C=O) groups excluding carboxylic acids is 2. The molecule has 2 unspecified atom stereocenters. The second-order valence-electron chi connectivity index (χ2n) is 6.14. The Balaban J connectivity index is 1.56. The molecule has 0 aromatic heterocycles. The number of benzene rings is 1. The van der Waals surface area contributed by atoms with Gasteiger partial charge < -0.3 is 20.3 Å². The number of hydrogen-bond donors (Lipinski definition) is 2. The van der Waals surface area contributed by atoms with Crippen LogP contribution in [0.5, 0.6) is 5.75 Å². The average molecular weight is 317 g/mol. The largest absolute Gasteiger partial charge is 0.497 e. The third-order valence-electron chi connectivity index (χ3n) is 4.56. The Morgan fingerprint density at radius 2 is 2.17 bits per heavy atom. The van der Waals surface area contributed by atoms with Gasteiger partial charge in [-0.25, -0.2) is 0 Å². The average Bonchev–Trinajstić information content (AvgIpc) is 3.22. The van der Waals surface area contributed by atoms with Crippen LogP contribution in [0.1, 0.15) is 19.3 Å². The van der Waals surface area contributed by atoms with Gasteiger partial charge in [0.2, 0.25) is 11.8 Å². The smallest absolute Gasteiger partial charge is 0.227 e. The number of anilines is 1. The van der Waals surface area contributed by atoms with Gasteiger partial charge in [-0.2, -0.15) is 0 Å². The summed E-state index contributed by atoms with van der Waals surface area (Å²) in [6, 6.07) is 7.71. The molecule has 3 rings (SSSR count). The summed E-state index contributed by atoms with van der Waals surface area (Å²) in [5, 5.41) is 6.33. The lowest BCUT2D eigenvalue weighted by Crippen LogP contribution is -2.40. The highest BCUT2D eigenvalue weighted by Gasteiger charge is 2.35. The van der Waals surface area contributed by atoms with Crippen LogP contribution < -0.4 is 20.3 Å². The molecule has 124 valence electrons. The highest BCUT2D eigenvalue weighted by atomic mass is 16.5. The van der Waals surface area contributed by atoms with Crippen molar-refractivity contribution < 1.29 is 14.3 Å². The Morgan fingerprint density at radius 3 is 2.83 bits per heavy atom. The third-order valence-corrected chi connectivity index (χ3v) is 4.56. The summed E-state index contributed by atoms with van der Waals surface area (Å²) in [5.41, 5.74) is 0.809. The van der Waals surface area contributed by atoms with Crippen LogP contribution >= 0.6 is 0 Å².